The van der Waals surface area contributed by atoms with E-state index in [9.17, 15) is 14.4 Å². The van der Waals surface area contributed by atoms with Gasteiger partial charge in [0.2, 0.25) is 5.91 Å². The molecule has 0 aliphatic carbocycles. The Morgan fingerprint density at radius 3 is 2.40 bits per heavy atom. The molecule has 0 saturated heterocycles. The summed E-state index contributed by atoms with van der Waals surface area (Å²) in [5.41, 5.74) is 4.46. The monoisotopic (exact) mass is 470 g/mol. The number of nitrogens with zero attached hydrogens (tertiary/aromatic N) is 1. The Hall–Kier alpha value is -3.97. The molecule has 0 radical (unpaired) electrons. The summed E-state index contributed by atoms with van der Waals surface area (Å²) < 4.78 is 0. The molecule has 4 rings (SSSR count). The molecule has 0 saturated carbocycles. The Labute approximate surface area is 205 Å². The number of carbonyl (C=O) groups excluding carboxylic acids is 3. The largest absolute Gasteiger partial charge is 0.334 e. The van der Waals surface area contributed by atoms with Crippen LogP contribution in [0.4, 0.5) is 11.4 Å². The Morgan fingerprint density at radius 2 is 1.66 bits per heavy atom. The fourth-order valence-electron chi connectivity index (χ4n) is 4.39. The number of para-hydroxylation sites is 1. The maximum atomic E-state index is 13.7. The number of nitrogens with one attached hydrogen (secondary N) is 3. The second-order valence-corrected chi connectivity index (χ2v) is 8.66. The van der Waals surface area contributed by atoms with E-state index in [-0.39, 0.29) is 24.3 Å². The quantitative estimate of drug-likeness (QED) is 0.510. The molecule has 3 N–H and O–H groups in total. The molecule has 1 heterocycles. The van der Waals surface area contributed by atoms with Gasteiger partial charge in [0, 0.05) is 22.5 Å². The van der Waals surface area contributed by atoms with Crippen molar-refractivity contribution < 1.29 is 14.4 Å². The number of rotatable bonds is 6. The van der Waals surface area contributed by atoms with Gasteiger partial charge in [-0.3, -0.25) is 19.3 Å². The van der Waals surface area contributed by atoms with Crippen molar-refractivity contribution >= 4 is 29.1 Å². The van der Waals surface area contributed by atoms with E-state index in [2.05, 4.69) is 16.0 Å². The average Bonchev–Trinajstić information content (AvgIpc) is 3.03. The molecule has 35 heavy (non-hydrogen) atoms. The van der Waals surface area contributed by atoms with Crippen molar-refractivity contribution in [2.45, 2.75) is 32.4 Å². The molecule has 3 aromatic carbocycles. The summed E-state index contributed by atoms with van der Waals surface area (Å²) in [5.74, 6) is -0.564. The molecule has 1 unspecified atom stereocenters. The van der Waals surface area contributed by atoms with Gasteiger partial charge in [0.05, 0.1) is 6.54 Å². The van der Waals surface area contributed by atoms with E-state index >= 15 is 0 Å². The standard InChI is InChI=1S/C28H30N4O3/c1-19-8-3-5-11-23(19)27(34)30-22-16-14-21(15-17-22)28(35)32-24-12-6-4-9-20(24)10-7-13-25(32)31-26(33)18-29-2/h3-6,8-9,11-12,14-17,25,29H,7,10,13,18H2,1-2H3,(H,30,34)(H,31,33). The lowest BCUT2D eigenvalue weighted by atomic mass is 10.1. The summed E-state index contributed by atoms with van der Waals surface area (Å²) in [6, 6.07) is 22.1. The fraction of sp³-hybridized carbons (Fsp3) is 0.250. The number of aryl methyl sites for hydroxylation is 2. The fourth-order valence-corrected chi connectivity index (χ4v) is 4.39. The molecule has 1 aliphatic heterocycles. The van der Waals surface area contributed by atoms with E-state index in [1.807, 2.05) is 49.4 Å². The van der Waals surface area contributed by atoms with Crippen molar-refractivity contribution in [1.29, 1.82) is 0 Å². The van der Waals surface area contributed by atoms with Crippen LogP contribution in [0.2, 0.25) is 0 Å². The third kappa shape index (κ3) is 5.58. The van der Waals surface area contributed by atoms with Gasteiger partial charge in [-0.25, -0.2) is 0 Å². The van der Waals surface area contributed by atoms with Gasteiger partial charge in [0.25, 0.3) is 11.8 Å². The first-order valence-electron chi connectivity index (χ1n) is 11.8. The van der Waals surface area contributed by atoms with E-state index in [1.165, 1.54) is 0 Å². The summed E-state index contributed by atoms with van der Waals surface area (Å²) in [5, 5.41) is 8.76. The Kier molecular flexibility index (Phi) is 7.57. The predicted molar refractivity (Wildman–Crippen MR) is 138 cm³/mol. The number of carbonyl (C=O) groups is 3. The van der Waals surface area contributed by atoms with Crippen molar-refractivity contribution in [3.63, 3.8) is 0 Å². The van der Waals surface area contributed by atoms with Gasteiger partial charge >= 0.3 is 0 Å². The van der Waals surface area contributed by atoms with E-state index in [0.717, 1.165) is 29.7 Å². The van der Waals surface area contributed by atoms with Gasteiger partial charge in [-0.15, -0.1) is 0 Å². The van der Waals surface area contributed by atoms with Crippen LogP contribution >= 0.6 is 0 Å². The second kappa shape index (κ2) is 11.0. The number of amides is 3. The van der Waals surface area contributed by atoms with Gasteiger partial charge in [0.15, 0.2) is 0 Å². The number of anilines is 2. The number of likely N-dealkylation sites (N-methyl/N-ethyl adjacent to an activating group) is 1. The first-order valence-corrected chi connectivity index (χ1v) is 11.8. The summed E-state index contributed by atoms with van der Waals surface area (Å²) in [7, 11) is 1.71. The van der Waals surface area contributed by atoms with Crippen LogP contribution in [0.25, 0.3) is 0 Å². The highest BCUT2D eigenvalue weighted by Crippen LogP contribution is 2.30. The molecule has 180 valence electrons. The highest BCUT2D eigenvalue weighted by atomic mass is 16.2. The van der Waals surface area contributed by atoms with Crippen molar-refractivity contribution in [1.82, 2.24) is 10.6 Å². The van der Waals surface area contributed by atoms with Crippen molar-refractivity contribution in [2.75, 3.05) is 23.8 Å². The zero-order valence-corrected chi connectivity index (χ0v) is 20.0. The molecular weight excluding hydrogens is 440 g/mol. The highest BCUT2D eigenvalue weighted by molar-refractivity contribution is 6.08. The zero-order chi connectivity index (χ0) is 24.8. The van der Waals surface area contributed by atoms with Crippen LogP contribution in [0, 0.1) is 6.92 Å². The van der Waals surface area contributed by atoms with Crippen molar-refractivity contribution in [3.05, 3.63) is 95.1 Å². The molecular formula is C28H30N4O3. The van der Waals surface area contributed by atoms with Crippen LogP contribution in [0.5, 0.6) is 0 Å². The predicted octanol–water partition coefficient (Wildman–Crippen LogP) is 3.89. The Balaban J connectivity index is 1.58. The molecule has 0 spiro atoms. The molecule has 0 aromatic heterocycles. The lowest BCUT2D eigenvalue weighted by molar-refractivity contribution is -0.120. The SMILES string of the molecule is CNCC(=O)NC1CCCc2ccccc2N1C(=O)c1ccc(NC(=O)c2ccccc2C)cc1. The Morgan fingerprint density at radius 1 is 0.943 bits per heavy atom. The molecule has 0 fully saturated rings. The average molecular weight is 471 g/mol. The molecule has 3 aromatic rings. The van der Waals surface area contributed by atoms with E-state index < -0.39 is 6.17 Å². The van der Waals surface area contributed by atoms with Crippen LogP contribution < -0.4 is 20.9 Å². The maximum absolute atomic E-state index is 13.7. The van der Waals surface area contributed by atoms with Crippen LogP contribution in [0.15, 0.2) is 72.8 Å². The Bertz CT molecular complexity index is 1220. The zero-order valence-electron chi connectivity index (χ0n) is 20.0. The molecule has 3 amide bonds. The minimum Gasteiger partial charge on any atom is -0.334 e. The first kappa shape index (κ1) is 24.2. The van der Waals surface area contributed by atoms with E-state index in [1.54, 1.807) is 42.3 Å². The minimum absolute atomic E-state index is 0.163. The molecule has 1 aliphatic rings. The number of hydrogen-bond acceptors (Lipinski definition) is 4. The van der Waals surface area contributed by atoms with Gasteiger partial charge in [-0.1, -0.05) is 36.4 Å². The summed E-state index contributed by atoms with van der Waals surface area (Å²) in [6.45, 7) is 2.07. The third-order valence-corrected chi connectivity index (χ3v) is 6.15. The van der Waals surface area contributed by atoms with Gasteiger partial charge in [-0.2, -0.15) is 0 Å². The van der Waals surface area contributed by atoms with Gasteiger partial charge in [-0.05, 0) is 80.8 Å². The van der Waals surface area contributed by atoms with Crippen molar-refractivity contribution in [2.24, 2.45) is 0 Å². The molecule has 7 nitrogen and oxygen atoms in total. The second-order valence-electron chi connectivity index (χ2n) is 8.66. The normalized spacial score (nSPS) is 15.0. The third-order valence-electron chi connectivity index (χ3n) is 6.15. The molecule has 0 bridgehead atoms. The first-order chi connectivity index (χ1) is 17.0. The van der Waals surface area contributed by atoms with Gasteiger partial charge < -0.3 is 16.0 Å². The summed E-state index contributed by atoms with van der Waals surface area (Å²) in [4.78, 5) is 40.4. The number of fused-ring (bicyclic) bond motifs is 1. The minimum atomic E-state index is -0.451. The maximum Gasteiger partial charge on any atom is 0.259 e. The summed E-state index contributed by atoms with van der Waals surface area (Å²) in [6.07, 6.45) is 1.89. The number of benzene rings is 3. The molecule has 1 atom stereocenters. The summed E-state index contributed by atoms with van der Waals surface area (Å²) >= 11 is 0. The lowest BCUT2D eigenvalue weighted by Gasteiger charge is -2.32. The van der Waals surface area contributed by atoms with Crippen LogP contribution in [0.1, 0.15) is 44.7 Å². The number of hydrogen-bond donors (Lipinski definition) is 3. The van der Waals surface area contributed by atoms with Crippen molar-refractivity contribution in [3.8, 4) is 0 Å². The van der Waals surface area contributed by atoms with Crippen LogP contribution in [-0.4, -0.2) is 37.5 Å². The van der Waals surface area contributed by atoms with Gasteiger partial charge in [0.1, 0.15) is 6.17 Å². The van der Waals surface area contributed by atoms with Crippen LogP contribution in [0.3, 0.4) is 0 Å². The lowest BCUT2D eigenvalue weighted by Crippen LogP contribution is -2.52. The molecule has 7 heteroatoms. The van der Waals surface area contributed by atoms with Crippen LogP contribution in [-0.2, 0) is 11.2 Å². The highest BCUT2D eigenvalue weighted by Gasteiger charge is 2.31. The van der Waals surface area contributed by atoms with E-state index in [0.29, 0.717) is 23.2 Å². The smallest absolute Gasteiger partial charge is 0.259 e. The topological polar surface area (TPSA) is 90.5 Å². The van der Waals surface area contributed by atoms with E-state index in [4.69, 9.17) is 0 Å².